The molecule has 4 rings (SSSR count). The van der Waals surface area contributed by atoms with Crippen LogP contribution in [-0.2, 0) is 16.1 Å². The van der Waals surface area contributed by atoms with Crippen molar-refractivity contribution in [3.8, 4) is 6.07 Å². The maximum absolute atomic E-state index is 12.6. The molecular weight excluding hydrogens is 408 g/mol. The zero-order valence-corrected chi connectivity index (χ0v) is 18.2. The number of aromatic nitrogens is 1. The van der Waals surface area contributed by atoms with Crippen molar-refractivity contribution in [3.63, 3.8) is 0 Å². The minimum absolute atomic E-state index is 0.0686. The number of rotatable bonds is 5. The number of pyridine rings is 1. The van der Waals surface area contributed by atoms with E-state index in [4.69, 9.17) is 10.00 Å². The summed E-state index contributed by atoms with van der Waals surface area (Å²) >= 11 is 0. The van der Waals surface area contributed by atoms with E-state index in [1.807, 2.05) is 6.92 Å². The van der Waals surface area contributed by atoms with E-state index in [1.165, 1.54) is 0 Å². The summed E-state index contributed by atoms with van der Waals surface area (Å²) in [6.07, 6.45) is 0.714. The topological polar surface area (TPSA) is 116 Å². The van der Waals surface area contributed by atoms with Gasteiger partial charge in [0, 0.05) is 18.0 Å². The van der Waals surface area contributed by atoms with Crippen molar-refractivity contribution in [3.05, 3.63) is 57.8 Å². The Bertz CT molecular complexity index is 1100. The van der Waals surface area contributed by atoms with Crippen LogP contribution in [0.25, 0.3) is 0 Å². The van der Waals surface area contributed by atoms with Crippen LogP contribution in [0.1, 0.15) is 57.3 Å². The minimum atomic E-state index is -0.674. The third kappa shape index (κ3) is 4.35. The predicted octanol–water partition coefficient (Wildman–Crippen LogP) is 2.62. The molecule has 0 bridgehead atoms. The van der Waals surface area contributed by atoms with Gasteiger partial charge < -0.3 is 20.1 Å². The number of hydrogen-bond acceptors (Lipinski definition) is 7. The fourth-order valence-corrected chi connectivity index (χ4v) is 4.43. The Labute approximate surface area is 186 Å². The summed E-state index contributed by atoms with van der Waals surface area (Å²) < 4.78 is 5.10. The number of ether oxygens (including phenoxy) is 1. The van der Waals surface area contributed by atoms with Gasteiger partial charge >= 0.3 is 5.97 Å². The lowest BCUT2D eigenvalue weighted by Crippen LogP contribution is -2.40. The van der Waals surface area contributed by atoms with Crippen LogP contribution in [0.4, 0.5) is 5.82 Å². The lowest BCUT2D eigenvalue weighted by Gasteiger charge is -2.33. The number of aliphatic hydroxyl groups excluding tert-OH is 1. The Balaban J connectivity index is 1.31. The van der Waals surface area contributed by atoms with E-state index < -0.39 is 6.10 Å². The SMILES string of the molecule is Cc1nc(NC(=O)C2CCN(CC(O)c3ccc4c(c3C)COC4=O)CC2)ccc1C#N. The van der Waals surface area contributed by atoms with Gasteiger partial charge in [0.05, 0.1) is 22.9 Å². The molecule has 3 heterocycles. The molecule has 0 saturated carbocycles. The third-order valence-electron chi connectivity index (χ3n) is 6.41. The number of likely N-dealkylation sites (tertiary alicyclic amines) is 1. The molecule has 2 N–H and O–H groups in total. The van der Waals surface area contributed by atoms with Gasteiger partial charge in [-0.1, -0.05) is 6.07 Å². The largest absolute Gasteiger partial charge is 0.457 e. The summed E-state index contributed by atoms with van der Waals surface area (Å²) in [5.74, 6) is -0.0401. The van der Waals surface area contributed by atoms with Gasteiger partial charge in [0.15, 0.2) is 0 Å². The number of amides is 1. The molecule has 1 amide bonds. The Morgan fingerprint density at radius 2 is 2.06 bits per heavy atom. The van der Waals surface area contributed by atoms with Crippen LogP contribution in [0, 0.1) is 31.1 Å². The first kappa shape index (κ1) is 21.9. The lowest BCUT2D eigenvalue weighted by molar-refractivity contribution is -0.121. The molecule has 1 atom stereocenters. The van der Waals surface area contributed by atoms with E-state index in [2.05, 4.69) is 21.3 Å². The van der Waals surface area contributed by atoms with Gasteiger partial charge in [0.2, 0.25) is 5.91 Å². The Kier molecular flexibility index (Phi) is 6.21. The number of aryl methyl sites for hydroxylation is 1. The van der Waals surface area contributed by atoms with Gasteiger partial charge in [-0.25, -0.2) is 9.78 Å². The van der Waals surface area contributed by atoms with Crippen molar-refractivity contribution < 1.29 is 19.4 Å². The minimum Gasteiger partial charge on any atom is -0.457 e. The van der Waals surface area contributed by atoms with Crippen LogP contribution in [0.2, 0.25) is 0 Å². The maximum atomic E-state index is 12.6. The number of benzene rings is 1. The summed E-state index contributed by atoms with van der Waals surface area (Å²) in [6, 6.07) is 8.90. The highest BCUT2D eigenvalue weighted by Gasteiger charge is 2.29. The standard InChI is InChI=1S/C24H26N4O4/c1-14-18(4-5-19-20(14)13-32-24(19)31)21(29)12-28-9-7-16(8-10-28)23(30)27-22-6-3-17(11-25)15(2)26-22/h3-6,16,21,29H,7-10,12-13H2,1-2H3,(H,26,27,30). The number of esters is 1. The molecule has 2 aliphatic heterocycles. The molecule has 1 aromatic carbocycles. The lowest BCUT2D eigenvalue weighted by atomic mass is 9.93. The normalized spacial score (nSPS) is 17.4. The molecule has 1 unspecified atom stereocenters. The first-order chi connectivity index (χ1) is 15.4. The van der Waals surface area contributed by atoms with Crippen LogP contribution in [-0.4, -0.2) is 46.5 Å². The number of aliphatic hydroxyl groups is 1. The monoisotopic (exact) mass is 434 g/mol. The first-order valence-corrected chi connectivity index (χ1v) is 10.8. The number of piperidine rings is 1. The van der Waals surface area contributed by atoms with Crippen molar-refractivity contribution in [2.45, 2.75) is 39.4 Å². The highest BCUT2D eigenvalue weighted by Crippen LogP contribution is 2.30. The van der Waals surface area contributed by atoms with Crippen molar-refractivity contribution in [1.82, 2.24) is 9.88 Å². The molecule has 0 spiro atoms. The average molecular weight is 434 g/mol. The summed E-state index contributed by atoms with van der Waals surface area (Å²) in [4.78, 5) is 30.8. The smallest absolute Gasteiger partial charge is 0.338 e. The first-order valence-electron chi connectivity index (χ1n) is 10.8. The summed E-state index contributed by atoms with van der Waals surface area (Å²) in [5, 5.41) is 22.7. The van der Waals surface area contributed by atoms with Crippen LogP contribution in [0.3, 0.4) is 0 Å². The molecule has 0 radical (unpaired) electrons. The number of carbonyl (C=O) groups excluding carboxylic acids is 2. The van der Waals surface area contributed by atoms with Gasteiger partial charge in [-0.3, -0.25) is 4.79 Å². The number of fused-ring (bicyclic) bond motifs is 1. The molecule has 2 aromatic rings. The average Bonchev–Trinajstić information content (AvgIpc) is 3.16. The highest BCUT2D eigenvalue weighted by atomic mass is 16.5. The van der Waals surface area contributed by atoms with Crippen LogP contribution in [0.5, 0.6) is 0 Å². The Morgan fingerprint density at radius 1 is 1.31 bits per heavy atom. The molecule has 0 aliphatic carbocycles. The molecule has 8 heteroatoms. The third-order valence-corrected chi connectivity index (χ3v) is 6.41. The number of nitriles is 1. The quantitative estimate of drug-likeness (QED) is 0.695. The summed E-state index contributed by atoms with van der Waals surface area (Å²) in [6.45, 7) is 5.80. The number of nitrogens with zero attached hydrogens (tertiary/aromatic N) is 3. The summed E-state index contributed by atoms with van der Waals surface area (Å²) in [5.41, 5.74) is 4.23. The predicted molar refractivity (Wildman–Crippen MR) is 117 cm³/mol. The van der Waals surface area contributed by atoms with E-state index in [1.54, 1.807) is 31.2 Å². The molecule has 166 valence electrons. The summed E-state index contributed by atoms with van der Waals surface area (Å²) in [7, 11) is 0. The maximum Gasteiger partial charge on any atom is 0.338 e. The molecule has 2 aliphatic rings. The fraction of sp³-hybridized carbons (Fsp3) is 0.417. The second-order valence-electron chi connectivity index (χ2n) is 8.40. The zero-order chi connectivity index (χ0) is 22.8. The number of nitrogens with one attached hydrogen (secondary N) is 1. The Morgan fingerprint density at radius 3 is 2.75 bits per heavy atom. The Hall–Kier alpha value is -3.28. The number of cyclic esters (lactones) is 1. The van der Waals surface area contributed by atoms with Gasteiger partial charge in [0.25, 0.3) is 0 Å². The number of carbonyl (C=O) groups is 2. The second-order valence-corrected chi connectivity index (χ2v) is 8.40. The van der Waals surface area contributed by atoms with E-state index in [0.717, 1.165) is 16.7 Å². The van der Waals surface area contributed by atoms with Crippen molar-refractivity contribution >= 4 is 17.7 Å². The molecule has 8 nitrogen and oxygen atoms in total. The van der Waals surface area contributed by atoms with E-state index in [-0.39, 0.29) is 24.4 Å². The molecule has 1 saturated heterocycles. The number of β-amino-alcohol motifs (C(OH)–C–C–N with tert-alkyl or cyclic N) is 1. The number of hydrogen-bond donors (Lipinski definition) is 2. The van der Waals surface area contributed by atoms with E-state index in [0.29, 0.717) is 55.1 Å². The van der Waals surface area contributed by atoms with Crippen LogP contribution in [0.15, 0.2) is 24.3 Å². The van der Waals surface area contributed by atoms with Crippen LogP contribution >= 0.6 is 0 Å². The van der Waals surface area contributed by atoms with Gasteiger partial charge in [-0.05, 0) is 69.1 Å². The van der Waals surface area contributed by atoms with Gasteiger partial charge in [0.1, 0.15) is 18.5 Å². The number of anilines is 1. The highest BCUT2D eigenvalue weighted by molar-refractivity contribution is 5.94. The molecule has 1 aromatic heterocycles. The fourth-order valence-electron chi connectivity index (χ4n) is 4.43. The second kappa shape index (κ2) is 9.07. The zero-order valence-electron chi connectivity index (χ0n) is 18.2. The van der Waals surface area contributed by atoms with Gasteiger partial charge in [-0.15, -0.1) is 0 Å². The van der Waals surface area contributed by atoms with E-state index >= 15 is 0 Å². The van der Waals surface area contributed by atoms with Crippen LogP contribution < -0.4 is 5.32 Å². The van der Waals surface area contributed by atoms with E-state index in [9.17, 15) is 14.7 Å². The van der Waals surface area contributed by atoms with Crippen molar-refractivity contribution in [2.75, 3.05) is 25.0 Å². The van der Waals surface area contributed by atoms with Crippen molar-refractivity contribution in [2.24, 2.45) is 5.92 Å². The molecule has 1 fully saturated rings. The van der Waals surface area contributed by atoms with Gasteiger partial charge in [-0.2, -0.15) is 5.26 Å². The molecular formula is C24H26N4O4. The molecule has 32 heavy (non-hydrogen) atoms. The van der Waals surface area contributed by atoms with Crippen molar-refractivity contribution in [1.29, 1.82) is 5.26 Å².